The van der Waals surface area contributed by atoms with Gasteiger partial charge in [0.05, 0.1) is 22.8 Å². The maximum Gasteiger partial charge on any atom is 0.128 e. The van der Waals surface area contributed by atoms with Crippen molar-refractivity contribution in [3.8, 4) is 5.75 Å². The van der Waals surface area contributed by atoms with E-state index in [0.29, 0.717) is 5.92 Å². The Morgan fingerprint density at radius 3 is 2.79 bits per heavy atom. The van der Waals surface area contributed by atoms with Gasteiger partial charge in [-0.15, -0.1) is 0 Å². The van der Waals surface area contributed by atoms with Crippen molar-refractivity contribution >= 4 is 38.0 Å². The van der Waals surface area contributed by atoms with Crippen LogP contribution in [0.25, 0.3) is 26.5 Å². The predicted molar refractivity (Wildman–Crippen MR) is 102 cm³/mol. The third-order valence-electron chi connectivity index (χ3n) is 5.30. The molecule has 24 heavy (non-hydrogen) atoms. The molecule has 2 aromatic carbocycles. The largest absolute Gasteiger partial charge is 0.496 e. The normalized spacial score (nSPS) is 19.0. The number of hydrogen-bond donors (Lipinski definition) is 0. The number of ether oxygens (including phenoxy) is 1. The van der Waals surface area contributed by atoms with Crippen molar-refractivity contribution in [2.75, 3.05) is 27.2 Å². The second-order valence-electron chi connectivity index (χ2n) is 6.75. The third kappa shape index (κ3) is 1.87. The van der Waals surface area contributed by atoms with Crippen LogP contribution in [0.15, 0.2) is 42.5 Å². The van der Waals surface area contributed by atoms with Crippen LogP contribution in [-0.4, -0.2) is 35.9 Å². The van der Waals surface area contributed by atoms with Gasteiger partial charge in [-0.05, 0) is 43.8 Å². The van der Waals surface area contributed by atoms with Crippen molar-refractivity contribution in [2.45, 2.75) is 12.3 Å². The van der Waals surface area contributed by atoms with Gasteiger partial charge in [0.1, 0.15) is 5.75 Å². The summed E-state index contributed by atoms with van der Waals surface area (Å²) in [5.74, 6) is 1.56. The Balaban J connectivity index is 1.96. The Morgan fingerprint density at radius 2 is 2.00 bits per heavy atom. The van der Waals surface area contributed by atoms with Gasteiger partial charge in [-0.1, -0.05) is 35.8 Å². The number of likely N-dealkylation sites (tertiary alicyclic amines) is 1. The summed E-state index contributed by atoms with van der Waals surface area (Å²) in [6, 6.07) is 15.2. The molecule has 0 N–H and O–H groups in total. The molecule has 2 aromatic heterocycles. The molecule has 5 rings (SSSR count). The van der Waals surface area contributed by atoms with E-state index in [-0.39, 0.29) is 0 Å². The number of hydrogen-bond acceptors (Lipinski definition) is 3. The van der Waals surface area contributed by atoms with Gasteiger partial charge < -0.3 is 9.64 Å². The molecule has 1 fully saturated rings. The minimum atomic E-state index is 0.566. The maximum absolute atomic E-state index is 5.74. The fourth-order valence-electron chi connectivity index (χ4n) is 4.24. The molecule has 0 bridgehead atoms. The zero-order valence-corrected chi connectivity index (χ0v) is 14.8. The third-order valence-corrected chi connectivity index (χ3v) is 6.42. The summed E-state index contributed by atoms with van der Waals surface area (Å²) in [5.41, 5.74) is 4.13. The lowest BCUT2D eigenvalue weighted by Crippen LogP contribution is -2.13. The molecular weight excluding hydrogens is 316 g/mol. The Hall–Kier alpha value is -2.04. The predicted octanol–water partition coefficient (Wildman–Crippen LogP) is 4.73. The number of fused-ring (bicyclic) bond motifs is 5. The van der Waals surface area contributed by atoms with Crippen LogP contribution >= 0.6 is 11.5 Å². The summed E-state index contributed by atoms with van der Waals surface area (Å²) in [6.07, 6.45) is 1.22. The molecule has 1 aliphatic rings. The molecule has 1 aliphatic heterocycles. The van der Waals surface area contributed by atoms with E-state index in [1.807, 2.05) is 11.5 Å². The maximum atomic E-state index is 5.74. The second-order valence-corrected chi connectivity index (χ2v) is 7.73. The molecule has 3 heterocycles. The standard InChI is InChI=1S/C20H20N2OS/c1-21-11-10-13(12-21)18-19-15(7-5-8-16(19)23-2)22-20(18)14-6-3-4-9-17(14)24-22/h3-9,13H,10-12H2,1-2H3/t13-/m1/s1. The minimum absolute atomic E-state index is 0.566. The molecule has 0 saturated carbocycles. The molecule has 4 aromatic rings. The number of aromatic nitrogens is 1. The van der Waals surface area contributed by atoms with E-state index in [1.165, 1.54) is 45.0 Å². The van der Waals surface area contributed by atoms with Gasteiger partial charge >= 0.3 is 0 Å². The lowest BCUT2D eigenvalue weighted by atomic mass is 9.94. The smallest absolute Gasteiger partial charge is 0.128 e. The van der Waals surface area contributed by atoms with Gasteiger partial charge in [-0.2, -0.15) is 0 Å². The molecular formula is C20H20N2OS. The van der Waals surface area contributed by atoms with Crippen LogP contribution in [0.1, 0.15) is 17.9 Å². The minimum Gasteiger partial charge on any atom is -0.496 e. The topological polar surface area (TPSA) is 16.9 Å². The van der Waals surface area contributed by atoms with Crippen molar-refractivity contribution < 1.29 is 4.74 Å². The highest BCUT2D eigenvalue weighted by molar-refractivity contribution is 7.14. The van der Waals surface area contributed by atoms with E-state index in [2.05, 4.69) is 58.2 Å². The van der Waals surface area contributed by atoms with Crippen LogP contribution < -0.4 is 4.74 Å². The molecule has 0 radical (unpaired) electrons. The lowest BCUT2D eigenvalue weighted by Gasteiger charge is -2.12. The number of nitrogens with zero attached hydrogens (tertiary/aromatic N) is 2. The average Bonchev–Trinajstić information content (AvgIpc) is 3.27. The fourth-order valence-corrected chi connectivity index (χ4v) is 5.37. The molecule has 0 amide bonds. The molecule has 0 unspecified atom stereocenters. The molecule has 122 valence electrons. The van der Waals surface area contributed by atoms with Crippen molar-refractivity contribution in [2.24, 2.45) is 0 Å². The lowest BCUT2D eigenvalue weighted by molar-refractivity contribution is 0.411. The van der Waals surface area contributed by atoms with E-state index in [9.17, 15) is 0 Å². The van der Waals surface area contributed by atoms with Crippen molar-refractivity contribution in [1.29, 1.82) is 0 Å². The Kier molecular flexibility index (Phi) is 3.12. The zero-order chi connectivity index (χ0) is 16.3. The van der Waals surface area contributed by atoms with E-state index in [0.717, 1.165) is 12.3 Å². The molecule has 4 heteroatoms. The number of methoxy groups -OCH3 is 1. The Bertz CT molecular complexity index is 1060. The summed E-state index contributed by atoms with van der Waals surface area (Å²) in [7, 11) is 4.00. The molecule has 1 saturated heterocycles. The van der Waals surface area contributed by atoms with E-state index < -0.39 is 0 Å². The quantitative estimate of drug-likeness (QED) is 0.526. The summed E-state index contributed by atoms with van der Waals surface area (Å²) in [4.78, 5) is 2.43. The first-order chi connectivity index (χ1) is 11.8. The highest BCUT2D eigenvalue weighted by atomic mass is 32.1. The van der Waals surface area contributed by atoms with E-state index >= 15 is 0 Å². The van der Waals surface area contributed by atoms with Gasteiger partial charge in [0.2, 0.25) is 0 Å². The highest BCUT2D eigenvalue weighted by Crippen LogP contribution is 2.45. The number of likely N-dealkylation sites (N-methyl/N-ethyl adjacent to an activating group) is 1. The van der Waals surface area contributed by atoms with Crippen molar-refractivity contribution in [3.05, 3.63) is 48.0 Å². The molecule has 0 spiro atoms. The van der Waals surface area contributed by atoms with Gasteiger partial charge in [-0.3, -0.25) is 3.79 Å². The summed E-state index contributed by atoms with van der Waals surface area (Å²) >= 11 is 1.84. The van der Waals surface area contributed by atoms with Crippen LogP contribution in [0.2, 0.25) is 0 Å². The average molecular weight is 336 g/mol. The number of benzene rings is 2. The van der Waals surface area contributed by atoms with Gasteiger partial charge in [-0.25, -0.2) is 0 Å². The van der Waals surface area contributed by atoms with E-state index in [4.69, 9.17) is 4.74 Å². The van der Waals surface area contributed by atoms with Crippen LogP contribution in [0.3, 0.4) is 0 Å². The Labute approximate surface area is 145 Å². The summed E-state index contributed by atoms with van der Waals surface area (Å²) < 4.78 is 9.51. The summed E-state index contributed by atoms with van der Waals surface area (Å²) in [5, 5.41) is 2.67. The first-order valence-electron chi connectivity index (χ1n) is 8.45. The van der Waals surface area contributed by atoms with Crippen LogP contribution in [0, 0.1) is 0 Å². The SMILES string of the molecule is COc1cccc2c1c([C@@H]1CCN(C)C1)c1c3ccccc3sn21. The second kappa shape index (κ2) is 5.23. The molecule has 3 nitrogen and oxygen atoms in total. The van der Waals surface area contributed by atoms with Gasteiger partial charge in [0.15, 0.2) is 0 Å². The van der Waals surface area contributed by atoms with Crippen LogP contribution in [0.4, 0.5) is 0 Å². The van der Waals surface area contributed by atoms with E-state index in [1.54, 1.807) is 7.11 Å². The molecule has 0 aliphatic carbocycles. The van der Waals surface area contributed by atoms with Crippen LogP contribution in [0.5, 0.6) is 5.75 Å². The fraction of sp³-hybridized carbons (Fsp3) is 0.300. The number of rotatable bonds is 2. The summed E-state index contributed by atoms with van der Waals surface area (Å²) in [6.45, 7) is 2.29. The zero-order valence-electron chi connectivity index (χ0n) is 14.0. The first-order valence-corrected chi connectivity index (χ1v) is 9.23. The van der Waals surface area contributed by atoms with Crippen molar-refractivity contribution in [1.82, 2.24) is 8.69 Å². The van der Waals surface area contributed by atoms with Crippen molar-refractivity contribution in [3.63, 3.8) is 0 Å². The Morgan fingerprint density at radius 1 is 1.12 bits per heavy atom. The first kappa shape index (κ1) is 14.3. The highest BCUT2D eigenvalue weighted by Gasteiger charge is 2.29. The van der Waals surface area contributed by atoms with Gasteiger partial charge in [0.25, 0.3) is 0 Å². The van der Waals surface area contributed by atoms with Gasteiger partial charge in [0, 0.05) is 23.2 Å². The monoisotopic (exact) mass is 336 g/mol. The molecule has 1 atom stereocenters. The van der Waals surface area contributed by atoms with Crippen LogP contribution in [-0.2, 0) is 0 Å².